The Morgan fingerprint density at radius 2 is 2.16 bits per heavy atom. The highest BCUT2D eigenvalue weighted by Crippen LogP contribution is 2.29. The molecule has 19 heavy (non-hydrogen) atoms. The molecule has 0 aliphatic carbocycles. The first kappa shape index (κ1) is 12.9. The Bertz CT molecular complexity index is 592. The van der Waals surface area contributed by atoms with Crippen LogP contribution in [-0.4, -0.2) is 12.0 Å². The number of nitrogens with zero attached hydrogens (tertiary/aromatic N) is 1. The predicted molar refractivity (Wildman–Crippen MR) is 70.4 cm³/mol. The van der Waals surface area contributed by atoms with Gasteiger partial charge in [0.1, 0.15) is 23.0 Å². The monoisotopic (exact) mass is 262 g/mol. The summed E-state index contributed by atoms with van der Waals surface area (Å²) in [5, 5.41) is 14.0. The maximum atomic E-state index is 11.0. The number of anilines is 1. The maximum Gasteiger partial charge on any atom is 0.296 e. The van der Waals surface area contributed by atoms with Crippen LogP contribution in [-0.2, 0) is 6.54 Å². The van der Waals surface area contributed by atoms with Crippen LogP contribution in [0.15, 0.2) is 34.7 Å². The molecule has 1 aromatic heterocycles. The van der Waals surface area contributed by atoms with E-state index in [1.54, 1.807) is 12.1 Å². The van der Waals surface area contributed by atoms with Gasteiger partial charge in [0.2, 0.25) is 0 Å². The summed E-state index contributed by atoms with van der Waals surface area (Å²) in [5.41, 5.74) is 0.405. The second kappa shape index (κ2) is 5.43. The second-order valence-electron chi connectivity index (χ2n) is 4.01. The summed E-state index contributed by atoms with van der Waals surface area (Å²) in [6, 6.07) is 8.35. The lowest BCUT2D eigenvalue weighted by Gasteiger charge is -2.07. The average Bonchev–Trinajstić information content (AvgIpc) is 2.82. The van der Waals surface area contributed by atoms with Crippen LogP contribution < -0.4 is 10.1 Å². The number of rotatable bonds is 5. The van der Waals surface area contributed by atoms with Gasteiger partial charge in [-0.25, -0.2) is 0 Å². The number of nitrogens with one attached hydrogen (secondary N) is 1. The van der Waals surface area contributed by atoms with Gasteiger partial charge in [-0.3, -0.25) is 10.1 Å². The van der Waals surface area contributed by atoms with Gasteiger partial charge in [-0.1, -0.05) is 0 Å². The van der Waals surface area contributed by atoms with E-state index in [4.69, 9.17) is 9.15 Å². The summed E-state index contributed by atoms with van der Waals surface area (Å²) >= 11 is 0. The van der Waals surface area contributed by atoms with Crippen LogP contribution in [0.2, 0.25) is 0 Å². The van der Waals surface area contributed by atoms with E-state index in [2.05, 4.69) is 5.32 Å². The first-order chi connectivity index (χ1) is 9.10. The van der Waals surface area contributed by atoms with Crippen molar-refractivity contribution in [2.24, 2.45) is 0 Å². The van der Waals surface area contributed by atoms with Gasteiger partial charge in [0.25, 0.3) is 5.69 Å². The molecule has 1 heterocycles. The highest BCUT2D eigenvalue weighted by Gasteiger charge is 2.15. The van der Waals surface area contributed by atoms with E-state index in [-0.39, 0.29) is 5.69 Å². The van der Waals surface area contributed by atoms with Crippen LogP contribution in [0.25, 0.3) is 0 Å². The normalized spacial score (nSPS) is 10.2. The van der Waals surface area contributed by atoms with E-state index in [1.807, 2.05) is 19.1 Å². The van der Waals surface area contributed by atoms with Gasteiger partial charge in [-0.05, 0) is 31.2 Å². The van der Waals surface area contributed by atoms with E-state index in [0.717, 1.165) is 11.5 Å². The third kappa shape index (κ3) is 3.04. The number of nitro benzene ring substituents is 1. The molecule has 0 spiro atoms. The fourth-order valence-electron chi connectivity index (χ4n) is 1.70. The molecular weight excluding hydrogens is 248 g/mol. The molecule has 0 bridgehead atoms. The zero-order valence-corrected chi connectivity index (χ0v) is 10.7. The van der Waals surface area contributed by atoms with E-state index in [0.29, 0.717) is 18.0 Å². The van der Waals surface area contributed by atoms with Gasteiger partial charge < -0.3 is 14.5 Å². The molecule has 1 aromatic carbocycles. The van der Waals surface area contributed by atoms with Crippen molar-refractivity contribution in [1.29, 1.82) is 0 Å². The topological polar surface area (TPSA) is 77.5 Å². The quantitative estimate of drug-likeness (QED) is 0.661. The fourth-order valence-corrected chi connectivity index (χ4v) is 1.70. The molecule has 0 fully saturated rings. The summed E-state index contributed by atoms with van der Waals surface area (Å²) in [5.74, 6) is 1.98. The Hall–Kier alpha value is -2.50. The Labute approximate surface area is 110 Å². The van der Waals surface area contributed by atoms with Gasteiger partial charge in [-0.2, -0.15) is 0 Å². The first-order valence-electron chi connectivity index (χ1n) is 5.72. The van der Waals surface area contributed by atoms with Crippen LogP contribution in [0.1, 0.15) is 11.5 Å². The van der Waals surface area contributed by atoms with Crippen LogP contribution >= 0.6 is 0 Å². The molecule has 1 N–H and O–H groups in total. The molecule has 0 unspecified atom stereocenters. The van der Waals surface area contributed by atoms with Crippen molar-refractivity contribution in [2.45, 2.75) is 13.5 Å². The van der Waals surface area contributed by atoms with Gasteiger partial charge >= 0.3 is 0 Å². The van der Waals surface area contributed by atoms with E-state index < -0.39 is 4.92 Å². The van der Waals surface area contributed by atoms with Crippen molar-refractivity contribution in [1.82, 2.24) is 0 Å². The summed E-state index contributed by atoms with van der Waals surface area (Å²) in [6.07, 6.45) is 0. The van der Waals surface area contributed by atoms with Gasteiger partial charge in [0.05, 0.1) is 24.6 Å². The Balaban J connectivity index is 2.17. The summed E-state index contributed by atoms with van der Waals surface area (Å²) in [4.78, 5) is 10.5. The molecule has 0 aliphatic heterocycles. The molecular formula is C13H14N2O4. The smallest absolute Gasteiger partial charge is 0.296 e. The number of aryl methyl sites for hydroxylation is 1. The Kier molecular flexibility index (Phi) is 3.70. The van der Waals surface area contributed by atoms with Crippen molar-refractivity contribution in [3.05, 3.63) is 52.0 Å². The first-order valence-corrected chi connectivity index (χ1v) is 5.72. The van der Waals surface area contributed by atoms with Crippen LogP contribution in [0.4, 0.5) is 11.4 Å². The molecule has 0 radical (unpaired) electrons. The molecule has 0 atom stereocenters. The minimum Gasteiger partial charge on any atom is -0.496 e. The van der Waals surface area contributed by atoms with Crippen LogP contribution in [0.5, 0.6) is 5.75 Å². The fraction of sp³-hybridized carbons (Fsp3) is 0.231. The molecule has 2 aromatic rings. The molecule has 100 valence electrons. The van der Waals surface area contributed by atoms with Crippen molar-refractivity contribution in [3.8, 4) is 5.75 Å². The average molecular weight is 262 g/mol. The zero-order chi connectivity index (χ0) is 13.8. The third-order valence-electron chi connectivity index (χ3n) is 2.65. The molecule has 2 rings (SSSR count). The van der Waals surface area contributed by atoms with E-state index >= 15 is 0 Å². The SMILES string of the molecule is COc1ccc(NCc2ccc(C)o2)c([N+](=O)[O-])c1. The molecule has 0 amide bonds. The number of benzene rings is 1. The van der Waals surface area contributed by atoms with E-state index in [1.165, 1.54) is 13.2 Å². The number of hydrogen-bond donors (Lipinski definition) is 1. The number of nitro groups is 1. The summed E-state index contributed by atoms with van der Waals surface area (Å²) in [7, 11) is 1.47. The van der Waals surface area contributed by atoms with Crippen molar-refractivity contribution < 1.29 is 14.1 Å². The lowest BCUT2D eigenvalue weighted by Crippen LogP contribution is -2.02. The minimum absolute atomic E-state index is 0.0253. The van der Waals surface area contributed by atoms with Crippen LogP contribution in [0.3, 0.4) is 0 Å². The Morgan fingerprint density at radius 1 is 1.37 bits per heavy atom. The molecule has 6 heteroatoms. The zero-order valence-electron chi connectivity index (χ0n) is 10.7. The molecule has 0 saturated heterocycles. The summed E-state index contributed by atoms with van der Waals surface area (Å²) < 4.78 is 10.4. The van der Waals surface area contributed by atoms with Crippen LogP contribution in [0, 0.1) is 17.0 Å². The number of furan rings is 1. The lowest BCUT2D eigenvalue weighted by molar-refractivity contribution is -0.384. The molecule has 0 aliphatic rings. The Morgan fingerprint density at radius 3 is 2.74 bits per heavy atom. The lowest BCUT2D eigenvalue weighted by atomic mass is 10.2. The predicted octanol–water partition coefficient (Wildman–Crippen LogP) is 3.12. The van der Waals surface area contributed by atoms with Crippen molar-refractivity contribution in [2.75, 3.05) is 12.4 Å². The maximum absolute atomic E-state index is 11.0. The minimum atomic E-state index is -0.446. The van der Waals surface area contributed by atoms with E-state index in [9.17, 15) is 10.1 Å². The summed E-state index contributed by atoms with van der Waals surface area (Å²) in [6.45, 7) is 2.24. The highest BCUT2D eigenvalue weighted by molar-refractivity contribution is 5.63. The standard InChI is InChI=1S/C13H14N2O4/c1-9-3-4-11(19-9)8-14-12-6-5-10(18-2)7-13(12)15(16)17/h3-7,14H,8H2,1-2H3. The second-order valence-corrected chi connectivity index (χ2v) is 4.01. The van der Waals surface area contributed by atoms with Crippen molar-refractivity contribution in [3.63, 3.8) is 0 Å². The number of ether oxygens (including phenoxy) is 1. The van der Waals surface area contributed by atoms with Gasteiger partial charge in [-0.15, -0.1) is 0 Å². The third-order valence-corrected chi connectivity index (χ3v) is 2.65. The largest absolute Gasteiger partial charge is 0.496 e. The molecule has 6 nitrogen and oxygen atoms in total. The molecule has 0 saturated carbocycles. The van der Waals surface area contributed by atoms with Gasteiger partial charge in [0.15, 0.2) is 0 Å². The highest BCUT2D eigenvalue weighted by atomic mass is 16.6. The number of methoxy groups -OCH3 is 1. The number of hydrogen-bond acceptors (Lipinski definition) is 5. The van der Waals surface area contributed by atoms with Gasteiger partial charge in [0, 0.05) is 0 Å². The van der Waals surface area contributed by atoms with Crippen molar-refractivity contribution >= 4 is 11.4 Å².